The van der Waals surface area contributed by atoms with E-state index in [2.05, 4.69) is 45.0 Å². The van der Waals surface area contributed by atoms with Crippen molar-refractivity contribution < 1.29 is 0 Å². The van der Waals surface area contributed by atoms with E-state index < -0.39 is 0 Å². The summed E-state index contributed by atoms with van der Waals surface area (Å²) in [5.41, 5.74) is 1.23. The molecule has 90 valence electrons. The first-order valence-corrected chi connectivity index (χ1v) is 7.83. The highest BCUT2D eigenvalue weighted by atomic mass is 79.9. The lowest BCUT2D eigenvalue weighted by Gasteiger charge is -2.33. The van der Waals surface area contributed by atoms with Gasteiger partial charge in [-0.25, -0.2) is 4.98 Å². The highest BCUT2D eigenvalue weighted by Crippen LogP contribution is 2.29. The van der Waals surface area contributed by atoms with Crippen molar-refractivity contribution in [2.45, 2.75) is 37.9 Å². The molecule has 16 heavy (non-hydrogen) atoms. The van der Waals surface area contributed by atoms with E-state index in [4.69, 9.17) is 0 Å². The maximum Gasteiger partial charge on any atom is 0.185 e. The van der Waals surface area contributed by atoms with Crippen LogP contribution in [0.4, 0.5) is 5.13 Å². The summed E-state index contributed by atoms with van der Waals surface area (Å²) in [4.78, 5) is 7.75. The number of alkyl halides is 1. The topological polar surface area (TPSA) is 16.1 Å². The van der Waals surface area contributed by atoms with Gasteiger partial charge in [0.05, 0.1) is 5.69 Å². The zero-order valence-electron chi connectivity index (χ0n) is 9.95. The van der Waals surface area contributed by atoms with Gasteiger partial charge in [-0.05, 0) is 25.2 Å². The average Bonchev–Trinajstić information content (AvgIpc) is 2.77. The van der Waals surface area contributed by atoms with Gasteiger partial charge in [-0.15, -0.1) is 11.3 Å². The molecule has 4 heteroatoms. The third-order valence-corrected chi connectivity index (χ3v) is 5.06. The Morgan fingerprint density at radius 2 is 2.25 bits per heavy atom. The van der Waals surface area contributed by atoms with Gasteiger partial charge in [-0.1, -0.05) is 29.8 Å². The van der Waals surface area contributed by atoms with Crippen molar-refractivity contribution in [3.63, 3.8) is 0 Å². The number of aromatic nitrogens is 1. The quantitative estimate of drug-likeness (QED) is 0.791. The molecule has 2 nitrogen and oxygen atoms in total. The standard InChI is InChI=1S/C12H19BrN2S/c1-3-11-8-16-12(14-11)15-6-4-10(5-7-15)9(2)13/h8-10H,3-7H2,1-2H3. The fraction of sp³-hybridized carbons (Fsp3) is 0.750. The van der Waals surface area contributed by atoms with Gasteiger partial charge >= 0.3 is 0 Å². The van der Waals surface area contributed by atoms with Gasteiger partial charge in [0.15, 0.2) is 5.13 Å². The van der Waals surface area contributed by atoms with E-state index in [1.54, 1.807) is 11.3 Å². The van der Waals surface area contributed by atoms with Crippen LogP contribution >= 0.6 is 27.3 Å². The number of thiazole rings is 1. The SMILES string of the molecule is CCc1csc(N2CCC(C(C)Br)CC2)n1. The van der Waals surface area contributed by atoms with Crippen molar-refractivity contribution in [2.75, 3.05) is 18.0 Å². The van der Waals surface area contributed by atoms with E-state index in [1.165, 1.54) is 23.7 Å². The van der Waals surface area contributed by atoms with Crippen LogP contribution < -0.4 is 4.90 Å². The van der Waals surface area contributed by atoms with Crippen molar-refractivity contribution in [2.24, 2.45) is 5.92 Å². The normalized spacial score (nSPS) is 20.1. The van der Waals surface area contributed by atoms with Crippen LogP contribution in [0.1, 0.15) is 32.4 Å². The molecule has 0 saturated carbocycles. The third kappa shape index (κ3) is 2.77. The summed E-state index contributed by atoms with van der Waals surface area (Å²) in [6.45, 7) is 6.75. The fourth-order valence-electron chi connectivity index (χ4n) is 2.15. The Kier molecular flexibility index (Phi) is 4.25. The molecule has 1 aliphatic rings. The van der Waals surface area contributed by atoms with Gasteiger partial charge in [-0.3, -0.25) is 0 Å². The molecule has 2 heterocycles. The second kappa shape index (κ2) is 5.50. The molecule has 1 unspecified atom stereocenters. The molecular formula is C12H19BrN2S. The molecule has 1 saturated heterocycles. The third-order valence-electron chi connectivity index (χ3n) is 3.36. The van der Waals surface area contributed by atoms with Crippen LogP contribution in [-0.4, -0.2) is 22.9 Å². The number of rotatable bonds is 3. The smallest absolute Gasteiger partial charge is 0.185 e. The predicted molar refractivity (Wildman–Crippen MR) is 74.8 cm³/mol. The van der Waals surface area contributed by atoms with Crippen molar-refractivity contribution in [3.8, 4) is 0 Å². The molecule has 0 bridgehead atoms. The summed E-state index contributed by atoms with van der Waals surface area (Å²) in [7, 11) is 0. The number of halogens is 1. The van der Waals surface area contributed by atoms with Crippen LogP contribution in [0.2, 0.25) is 0 Å². The minimum absolute atomic E-state index is 0.650. The summed E-state index contributed by atoms with van der Waals surface area (Å²) in [6.07, 6.45) is 3.62. The second-order valence-electron chi connectivity index (χ2n) is 4.48. The van der Waals surface area contributed by atoms with E-state index in [0.717, 1.165) is 25.4 Å². The Labute approximate surface area is 110 Å². The van der Waals surface area contributed by atoms with Gasteiger partial charge in [0.25, 0.3) is 0 Å². The minimum atomic E-state index is 0.650. The lowest BCUT2D eigenvalue weighted by Crippen LogP contribution is -2.35. The van der Waals surface area contributed by atoms with E-state index in [1.807, 2.05) is 0 Å². The molecular weight excluding hydrogens is 284 g/mol. The molecule has 0 spiro atoms. The fourth-order valence-corrected chi connectivity index (χ4v) is 3.65. The molecule has 1 aromatic rings. The average molecular weight is 303 g/mol. The number of anilines is 1. The van der Waals surface area contributed by atoms with Crippen molar-refractivity contribution >= 4 is 32.4 Å². The highest BCUT2D eigenvalue weighted by molar-refractivity contribution is 9.09. The molecule has 1 aliphatic heterocycles. The van der Waals surface area contributed by atoms with Crippen LogP contribution in [0.5, 0.6) is 0 Å². The van der Waals surface area contributed by atoms with Crippen LogP contribution in [0, 0.1) is 5.92 Å². The molecule has 0 aromatic carbocycles. The summed E-state index contributed by atoms with van der Waals surface area (Å²) in [5.74, 6) is 0.835. The maximum atomic E-state index is 4.66. The van der Waals surface area contributed by atoms with E-state index in [0.29, 0.717) is 4.83 Å². The van der Waals surface area contributed by atoms with E-state index >= 15 is 0 Å². The summed E-state index contributed by atoms with van der Waals surface area (Å²) in [6, 6.07) is 0. The summed E-state index contributed by atoms with van der Waals surface area (Å²) < 4.78 is 0. The Morgan fingerprint density at radius 3 is 2.75 bits per heavy atom. The second-order valence-corrected chi connectivity index (χ2v) is 6.76. The van der Waals surface area contributed by atoms with E-state index in [-0.39, 0.29) is 0 Å². The Hall–Kier alpha value is -0.0900. The monoisotopic (exact) mass is 302 g/mol. The summed E-state index contributed by atoms with van der Waals surface area (Å²) in [5, 5.41) is 3.41. The lowest BCUT2D eigenvalue weighted by atomic mass is 9.95. The number of hydrogen-bond acceptors (Lipinski definition) is 3. The molecule has 2 rings (SSSR count). The molecule has 1 atom stereocenters. The van der Waals surface area contributed by atoms with E-state index in [9.17, 15) is 0 Å². The Bertz CT molecular complexity index is 330. The van der Waals surface area contributed by atoms with Gasteiger partial charge in [0.1, 0.15) is 0 Å². The van der Waals surface area contributed by atoms with Gasteiger partial charge in [0, 0.05) is 23.3 Å². The molecule has 1 fully saturated rings. The summed E-state index contributed by atoms with van der Waals surface area (Å²) >= 11 is 5.49. The van der Waals surface area contributed by atoms with Gasteiger partial charge in [0.2, 0.25) is 0 Å². The van der Waals surface area contributed by atoms with Crippen molar-refractivity contribution in [1.29, 1.82) is 0 Å². The molecule has 0 N–H and O–H groups in total. The molecule has 0 radical (unpaired) electrons. The Morgan fingerprint density at radius 1 is 1.56 bits per heavy atom. The van der Waals surface area contributed by atoms with Gasteiger partial charge in [-0.2, -0.15) is 0 Å². The number of hydrogen-bond donors (Lipinski definition) is 0. The molecule has 1 aromatic heterocycles. The van der Waals surface area contributed by atoms with Crippen molar-refractivity contribution in [3.05, 3.63) is 11.1 Å². The largest absolute Gasteiger partial charge is 0.348 e. The number of piperidine rings is 1. The lowest BCUT2D eigenvalue weighted by molar-refractivity contribution is 0.407. The number of aryl methyl sites for hydroxylation is 1. The first-order chi connectivity index (χ1) is 7.70. The first-order valence-electron chi connectivity index (χ1n) is 6.04. The number of nitrogens with zero attached hydrogens (tertiary/aromatic N) is 2. The van der Waals surface area contributed by atoms with Crippen LogP contribution in [-0.2, 0) is 6.42 Å². The molecule has 0 aliphatic carbocycles. The predicted octanol–water partition coefficient (Wildman–Crippen LogP) is 3.71. The zero-order chi connectivity index (χ0) is 11.5. The molecule has 0 amide bonds. The first kappa shape index (κ1) is 12.4. The highest BCUT2D eigenvalue weighted by Gasteiger charge is 2.23. The van der Waals surface area contributed by atoms with Crippen LogP contribution in [0.3, 0.4) is 0 Å². The van der Waals surface area contributed by atoms with Gasteiger partial charge < -0.3 is 4.90 Å². The van der Waals surface area contributed by atoms with Crippen LogP contribution in [0.15, 0.2) is 5.38 Å². The zero-order valence-corrected chi connectivity index (χ0v) is 12.4. The van der Waals surface area contributed by atoms with Crippen LogP contribution in [0.25, 0.3) is 0 Å². The Balaban J connectivity index is 1.93. The minimum Gasteiger partial charge on any atom is -0.348 e. The maximum absolute atomic E-state index is 4.66. The van der Waals surface area contributed by atoms with Crippen molar-refractivity contribution in [1.82, 2.24) is 4.98 Å².